The number of rotatable bonds is 7. The number of aromatic amines is 1. The molecule has 2 amide bonds. The highest BCUT2D eigenvalue weighted by Crippen LogP contribution is 2.19. The van der Waals surface area contributed by atoms with Gasteiger partial charge in [0.2, 0.25) is 0 Å². The lowest BCUT2D eigenvalue weighted by Crippen LogP contribution is -2.30. The molecule has 150 valence electrons. The lowest BCUT2D eigenvalue weighted by atomic mass is 10.0. The van der Waals surface area contributed by atoms with E-state index in [1.54, 1.807) is 0 Å². The van der Waals surface area contributed by atoms with Gasteiger partial charge in [0.15, 0.2) is 0 Å². The third-order valence-electron chi connectivity index (χ3n) is 4.95. The number of fused-ring (bicyclic) bond motifs is 1. The predicted molar refractivity (Wildman–Crippen MR) is 119 cm³/mol. The summed E-state index contributed by atoms with van der Waals surface area (Å²) in [5.41, 5.74) is 4.30. The van der Waals surface area contributed by atoms with Crippen LogP contribution < -0.4 is 10.6 Å². The zero-order valence-corrected chi connectivity index (χ0v) is 16.5. The number of amides is 2. The summed E-state index contributed by atoms with van der Waals surface area (Å²) in [6, 6.07) is 27.2. The van der Waals surface area contributed by atoms with E-state index in [4.69, 9.17) is 0 Å². The third-order valence-corrected chi connectivity index (χ3v) is 4.95. The summed E-state index contributed by atoms with van der Waals surface area (Å²) in [6.45, 7) is 0.980. The van der Waals surface area contributed by atoms with Crippen LogP contribution in [-0.4, -0.2) is 29.9 Å². The topological polar surface area (TPSA) is 74.0 Å². The highest BCUT2D eigenvalue weighted by atomic mass is 16.2. The first kappa shape index (κ1) is 19.5. The minimum Gasteiger partial charge on any atom is -0.352 e. The van der Waals surface area contributed by atoms with Crippen LogP contribution in [0.1, 0.15) is 27.3 Å². The Kier molecular flexibility index (Phi) is 5.90. The Bertz CT molecular complexity index is 1110. The summed E-state index contributed by atoms with van der Waals surface area (Å²) in [6.07, 6.45) is 0.653. The molecule has 0 radical (unpaired) electrons. The Balaban J connectivity index is 1.21. The Labute approximate surface area is 175 Å². The molecule has 1 aromatic heterocycles. The number of aromatic nitrogens is 1. The number of hydrogen-bond donors (Lipinski definition) is 3. The van der Waals surface area contributed by atoms with Crippen molar-refractivity contribution in [2.45, 2.75) is 6.42 Å². The molecule has 0 aliphatic carbocycles. The molecule has 0 saturated heterocycles. The van der Waals surface area contributed by atoms with E-state index in [-0.39, 0.29) is 11.8 Å². The van der Waals surface area contributed by atoms with Gasteiger partial charge in [-0.2, -0.15) is 0 Å². The van der Waals surface area contributed by atoms with Crippen LogP contribution in [0.5, 0.6) is 0 Å². The summed E-state index contributed by atoms with van der Waals surface area (Å²) in [5, 5.41) is 6.78. The molecule has 0 fully saturated rings. The van der Waals surface area contributed by atoms with E-state index in [1.807, 2.05) is 84.9 Å². The average molecular weight is 397 g/mol. The van der Waals surface area contributed by atoms with E-state index in [9.17, 15) is 9.59 Å². The molecule has 0 aliphatic rings. The number of carbonyl (C=O) groups is 2. The fourth-order valence-corrected chi connectivity index (χ4v) is 3.33. The van der Waals surface area contributed by atoms with Crippen LogP contribution in [0, 0.1) is 0 Å². The Morgan fingerprint density at radius 2 is 1.33 bits per heavy atom. The zero-order chi connectivity index (χ0) is 20.8. The van der Waals surface area contributed by atoms with Gasteiger partial charge in [0.25, 0.3) is 11.8 Å². The van der Waals surface area contributed by atoms with Crippen LogP contribution in [0.4, 0.5) is 0 Å². The molecule has 1 heterocycles. The van der Waals surface area contributed by atoms with E-state index in [2.05, 4.69) is 15.6 Å². The van der Waals surface area contributed by atoms with Gasteiger partial charge >= 0.3 is 0 Å². The lowest BCUT2D eigenvalue weighted by molar-refractivity contribution is 0.0948. The fourth-order valence-electron chi connectivity index (χ4n) is 3.33. The molecule has 3 aromatic carbocycles. The monoisotopic (exact) mass is 397 g/mol. The second kappa shape index (κ2) is 9.09. The van der Waals surface area contributed by atoms with Gasteiger partial charge in [-0.1, -0.05) is 60.7 Å². The van der Waals surface area contributed by atoms with Crippen molar-refractivity contribution in [3.8, 4) is 11.1 Å². The summed E-state index contributed by atoms with van der Waals surface area (Å²) in [5.74, 6) is -0.259. The third kappa shape index (κ3) is 4.58. The van der Waals surface area contributed by atoms with E-state index >= 15 is 0 Å². The van der Waals surface area contributed by atoms with Crippen molar-refractivity contribution in [3.05, 3.63) is 96.2 Å². The van der Waals surface area contributed by atoms with Crippen molar-refractivity contribution in [2.24, 2.45) is 0 Å². The largest absolute Gasteiger partial charge is 0.352 e. The van der Waals surface area contributed by atoms with Crippen molar-refractivity contribution in [3.63, 3.8) is 0 Å². The molecule has 30 heavy (non-hydrogen) atoms. The summed E-state index contributed by atoms with van der Waals surface area (Å²) in [7, 11) is 0. The van der Waals surface area contributed by atoms with E-state index in [0.717, 1.165) is 22.0 Å². The van der Waals surface area contributed by atoms with Gasteiger partial charge in [-0.3, -0.25) is 9.59 Å². The van der Waals surface area contributed by atoms with Crippen molar-refractivity contribution >= 4 is 22.7 Å². The molecule has 0 aliphatic heterocycles. The standard InChI is InChI=1S/C25H23N3O2/c29-24(20-13-11-19(12-14-20)18-7-2-1-3-8-18)26-15-6-16-27-25(30)23-17-21-9-4-5-10-22(21)28-23/h1-5,7-14,17,28H,6,15-16H2,(H,26,29)(H,27,30). The Morgan fingerprint density at radius 1 is 0.700 bits per heavy atom. The normalized spacial score (nSPS) is 10.7. The summed E-state index contributed by atoms with van der Waals surface area (Å²) >= 11 is 0. The first-order chi connectivity index (χ1) is 14.7. The predicted octanol–water partition coefficient (Wildman–Crippen LogP) is 4.38. The van der Waals surface area contributed by atoms with Crippen LogP contribution in [0.3, 0.4) is 0 Å². The number of nitrogens with one attached hydrogen (secondary N) is 3. The molecular weight excluding hydrogens is 374 g/mol. The Hall–Kier alpha value is -3.86. The first-order valence-electron chi connectivity index (χ1n) is 10.0. The lowest BCUT2D eigenvalue weighted by Gasteiger charge is -2.07. The van der Waals surface area contributed by atoms with Gasteiger partial charge < -0.3 is 15.6 Å². The zero-order valence-electron chi connectivity index (χ0n) is 16.5. The summed E-state index contributed by atoms with van der Waals surface area (Å²) < 4.78 is 0. The minimum atomic E-state index is -0.144. The average Bonchev–Trinajstić information content (AvgIpc) is 3.24. The van der Waals surface area contributed by atoms with Gasteiger partial charge in [-0.05, 0) is 41.8 Å². The fraction of sp³-hybridized carbons (Fsp3) is 0.120. The van der Waals surface area contributed by atoms with Crippen molar-refractivity contribution in [1.82, 2.24) is 15.6 Å². The maximum absolute atomic E-state index is 12.3. The highest BCUT2D eigenvalue weighted by Gasteiger charge is 2.09. The molecule has 0 atom stereocenters. The summed E-state index contributed by atoms with van der Waals surface area (Å²) in [4.78, 5) is 27.7. The maximum Gasteiger partial charge on any atom is 0.267 e. The molecule has 0 bridgehead atoms. The molecule has 3 N–H and O–H groups in total. The second-order valence-electron chi connectivity index (χ2n) is 7.08. The van der Waals surface area contributed by atoms with Crippen molar-refractivity contribution < 1.29 is 9.59 Å². The van der Waals surface area contributed by atoms with E-state index < -0.39 is 0 Å². The van der Waals surface area contributed by atoms with Gasteiger partial charge in [-0.15, -0.1) is 0 Å². The minimum absolute atomic E-state index is 0.114. The number of para-hydroxylation sites is 1. The molecule has 0 unspecified atom stereocenters. The molecule has 5 nitrogen and oxygen atoms in total. The van der Waals surface area contributed by atoms with Crippen LogP contribution >= 0.6 is 0 Å². The number of hydrogen-bond acceptors (Lipinski definition) is 2. The van der Waals surface area contributed by atoms with E-state index in [1.165, 1.54) is 0 Å². The molecule has 0 saturated carbocycles. The molecule has 4 rings (SSSR count). The molecule has 4 aromatic rings. The van der Waals surface area contributed by atoms with Crippen molar-refractivity contribution in [2.75, 3.05) is 13.1 Å². The molecule has 0 spiro atoms. The number of carbonyl (C=O) groups excluding carboxylic acids is 2. The quantitative estimate of drug-likeness (QED) is 0.405. The van der Waals surface area contributed by atoms with Crippen molar-refractivity contribution in [1.29, 1.82) is 0 Å². The SMILES string of the molecule is O=C(NCCCNC(=O)c1cc2ccccc2[nH]1)c1ccc(-c2ccccc2)cc1. The Morgan fingerprint density at radius 3 is 2.07 bits per heavy atom. The maximum atomic E-state index is 12.3. The molecule has 5 heteroatoms. The van der Waals surface area contributed by atoms with Gasteiger partial charge in [0.1, 0.15) is 5.69 Å². The molecular formula is C25H23N3O2. The smallest absolute Gasteiger partial charge is 0.267 e. The van der Waals surface area contributed by atoms with Gasteiger partial charge in [0, 0.05) is 29.6 Å². The van der Waals surface area contributed by atoms with Gasteiger partial charge in [-0.25, -0.2) is 0 Å². The number of benzene rings is 3. The number of H-pyrrole nitrogens is 1. The van der Waals surface area contributed by atoms with Gasteiger partial charge in [0.05, 0.1) is 0 Å². The first-order valence-corrected chi connectivity index (χ1v) is 10.0. The van der Waals surface area contributed by atoms with Crippen LogP contribution in [0.2, 0.25) is 0 Å². The van der Waals surface area contributed by atoms with E-state index in [0.29, 0.717) is 30.8 Å². The highest BCUT2D eigenvalue weighted by molar-refractivity contribution is 5.98. The van der Waals surface area contributed by atoms with Crippen LogP contribution in [0.25, 0.3) is 22.0 Å². The second-order valence-corrected chi connectivity index (χ2v) is 7.08. The van der Waals surface area contributed by atoms with Crippen LogP contribution in [0.15, 0.2) is 84.9 Å². The van der Waals surface area contributed by atoms with Crippen LogP contribution in [-0.2, 0) is 0 Å².